The molecule has 0 saturated carbocycles. The van der Waals surface area contributed by atoms with E-state index in [9.17, 15) is 9.59 Å². The SMILES string of the molecule is CN(C)C(=O)COc1ccccc1[C@H]1NC(=O)c2ccccc2N1C. The topological polar surface area (TPSA) is 61.9 Å². The molecule has 2 amide bonds. The van der Waals surface area contributed by atoms with Crippen molar-refractivity contribution in [3.63, 3.8) is 0 Å². The summed E-state index contributed by atoms with van der Waals surface area (Å²) in [5, 5.41) is 3.00. The summed E-state index contributed by atoms with van der Waals surface area (Å²) in [7, 11) is 5.29. The van der Waals surface area contributed by atoms with Crippen LogP contribution in [0.4, 0.5) is 5.69 Å². The lowest BCUT2D eigenvalue weighted by Gasteiger charge is -2.37. The summed E-state index contributed by atoms with van der Waals surface area (Å²) >= 11 is 0. The molecule has 2 aromatic rings. The van der Waals surface area contributed by atoms with Crippen LogP contribution in [-0.2, 0) is 4.79 Å². The van der Waals surface area contributed by atoms with Crippen molar-refractivity contribution >= 4 is 17.5 Å². The van der Waals surface area contributed by atoms with E-state index in [0.29, 0.717) is 11.3 Å². The van der Waals surface area contributed by atoms with E-state index < -0.39 is 0 Å². The van der Waals surface area contributed by atoms with E-state index >= 15 is 0 Å². The van der Waals surface area contributed by atoms with E-state index in [1.807, 2.05) is 48.3 Å². The van der Waals surface area contributed by atoms with Gasteiger partial charge in [-0.3, -0.25) is 9.59 Å². The number of para-hydroxylation sites is 2. The van der Waals surface area contributed by atoms with Gasteiger partial charge in [0.05, 0.1) is 11.3 Å². The molecule has 2 aromatic carbocycles. The van der Waals surface area contributed by atoms with E-state index in [1.54, 1.807) is 26.2 Å². The highest BCUT2D eigenvalue weighted by Crippen LogP contribution is 2.35. The molecule has 0 aliphatic carbocycles. The number of hydrogen-bond donors (Lipinski definition) is 1. The highest BCUT2D eigenvalue weighted by molar-refractivity contribution is 6.02. The summed E-state index contributed by atoms with van der Waals surface area (Å²) in [6.07, 6.45) is -0.368. The Labute approximate surface area is 147 Å². The summed E-state index contributed by atoms with van der Waals surface area (Å²) in [6.45, 7) is -0.0506. The number of likely N-dealkylation sites (N-methyl/N-ethyl adjacent to an activating group) is 1. The van der Waals surface area contributed by atoms with Crippen LogP contribution in [0.3, 0.4) is 0 Å². The monoisotopic (exact) mass is 339 g/mol. The van der Waals surface area contributed by atoms with Gasteiger partial charge in [-0.2, -0.15) is 0 Å². The molecule has 1 aliphatic rings. The van der Waals surface area contributed by atoms with Gasteiger partial charge in [0, 0.05) is 26.7 Å². The minimum atomic E-state index is -0.368. The van der Waals surface area contributed by atoms with Crippen molar-refractivity contribution in [2.75, 3.05) is 32.6 Å². The first-order chi connectivity index (χ1) is 12.0. The van der Waals surface area contributed by atoms with E-state index in [1.165, 1.54) is 4.90 Å². The van der Waals surface area contributed by atoms with E-state index in [4.69, 9.17) is 4.74 Å². The van der Waals surface area contributed by atoms with E-state index in [0.717, 1.165) is 11.3 Å². The third-order valence-electron chi connectivity index (χ3n) is 4.25. The second-order valence-corrected chi connectivity index (χ2v) is 6.12. The average molecular weight is 339 g/mol. The van der Waals surface area contributed by atoms with Crippen LogP contribution >= 0.6 is 0 Å². The predicted octanol–water partition coefficient (Wildman–Crippen LogP) is 2.03. The maximum atomic E-state index is 12.4. The molecular formula is C19H21N3O3. The molecule has 0 saturated heterocycles. The fourth-order valence-electron chi connectivity index (χ4n) is 2.80. The minimum absolute atomic E-state index is 0.0506. The number of benzene rings is 2. The van der Waals surface area contributed by atoms with Gasteiger partial charge >= 0.3 is 0 Å². The average Bonchev–Trinajstić information content (AvgIpc) is 2.63. The van der Waals surface area contributed by atoms with Gasteiger partial charge in [-0.05, 0) is 18.2 Å². The minimum Gasteiger partial charge on any atom is -0.483 e. The van der Waals surface area contributed by atoms with Crippen LogP contribution in [0.2, 0.25) is 0 Å². The third kappa shape index (κ3) is 3.28. The lowest BCUT2D eigenvalue weighted by molar-refractivity contribution is -0.130. The first-order valence-corrected chi connectivity index (χ1v) is 8.03. The molecule has 0 unspecified atom stereocenters. The summed E-state index contributed by atoms with van der Waals surface area (Å²) in [6, 6.07) is 14.9. The molecular weight excluding hydrogens is 318 g/mol. The van der Waals surface area contributed by atoms with E-state index in [-0.39, 0.29) is 24.6 Å². The number of carbonyl (C=O) groups is 2. The van der Waals surface area contributed by atoms with Crippen LogP contribution in [0.25, 0.3) is 0 Å². The Kier molecular flexibility index (Phi) is 4.61. The molecule has 130 valence electrons. The van der Waals surface area contributed by atoms with Crippen molar-refractivity contribution in [1.29, 1.82) is 0 Å². The molecule has 0 bridgehead atoms. The molecule has 0 aromatic heterocycles. The molecule has 3 rings (SSSR count). The summed E-state index contributed by atoms with van der Waals surface area (Å²) in [5.41, 5.74) is 2.30. The summed E-state index contributed by atoms with van der Waals surface area (Å²) in [4.78, 5) is 27.7. The van der Waals surface area contributed by atoms with Crippen LogP contribution in [-0.4, -0.2) is 44.5 Å². The van der Waals surface area contributed by atoms with Crippen molar-refractivity contribution in [2.24, 2.45) is 0 Å². The fraction of sp³-hybridized carbons (Fsp3) is 0.263. The van der Waals surface area contributed by atoms with Gasteiger partial charge in [0.15, 0.2) is 6.61 Å². The normalized spacial score (nSPS) is 16.0. The maximum absolute atomic E-state index is 12.4. The Bertz CT molecular complexity index is 804. The van der Waals surface area contributed by atoms with Crippen molar-refractivity contribution in [1.82, 2.24) is 10.2 Å². The Balaban J connectivity index is 1.90. The number of carbonyl (C=O) groups excluding carboxylic acids is 2. The molecule has 1 atom stereocenters. The largest absolute Gasteiger partial charge is 0.483 e. The molecule has 6 nitrogen and oxygen atoms in total. The van der Waals surface area contributed by atoms with Crippen LogP contribution < -0.4 is 15.0 Å². The maximum Gasteiger partial charge on any atom is 0.259 e. The first-order valence-electron chi connectivity index (χ1n) is 8.03. The zero-order valence-electron chi connectivity index (χ0n) is 14.5. The van der Waals surface area contributed by atoms with Gasteiger partial charge in [0.2, 0.25) is 0 Å². The second kappa shape index (κ2) is 6.84. The number of ether oxygens (including phenoxy) is 1. The number of fused-ring (bicyclic) bond motifs is 1. The molecule has 6 heteroatoms. The van der Waals surface area contributed by atoms with Crippen LogP contribution in [0.5, 0.6) is 5.75 Å². The standard InChI is InChI=1S/C19H21N3O3/c1-21(2)17(23)12-25-16-11-7-5-9-14(16)18-20-19(24)13-8-4-6-10-15(13)22(18)3/h4-11,18H,12H2,1-3H3,(H,20,24)/t18-/m0/s1. The molecule has 1 aliphatic heterocycles. The quantitative estimate of drug-likeness (QED) is 0.926. The van der Waals surface area contributed by atoms with Crippen molar-refractivity contribution in [2.45, 2.75) is 6.17 Å². The van der Waals surface area contributed by atoms with Gasteiger partial charge in [-0.25, -0.2) is 0 Å². The Morgan fingerprint density at radius 3 is 2.60 bits per heavy atom. The Morgan fingerprint density at radius 2 is 1.84 bits per heavy atom. The van der Waals surface area contributed by atoms with Gasteiger partial charge in [-0.15, -0.1) is 0 Å². The number of nitrogens with one attached hydrogen (secondary N) is 1. The number of hydrogen-bond acceptors (Lipinski definition) is 4. The molecule has 1 heterocycles. The summed E-state index contributed by atoms with van der Waals surface area (Å²) in [5.74, 6) is 0.327. The van der Waals surface area contributed by atoms with Gasteiger partial charge in [0.1, 0.15) is 11.9 Å². The van der Waals surface area contributed by atoms with Crippen molar-refractivity contribution < 1.29 is 14.3 Å². The Morgan fingerprint density at radius 1 is 1.16 bits per heavy atom. The molecule has 0 fully saturated rings. The molecule has 0 spiro atoms. The number of anilines is 1. The molecule has 25 heavy (non-hydrogen) atoms. The smallest absolute Gasteiger partial charge is 0.259 e. The van der Waals surface area contributed by atoms with Crippen LogP contribution in [0.1, 0.15) is 22.1 Å². The summed E-state index contributed by atoms with van der Waals surface area (Å²) < 4.78 is 5.72. The van der Waals surface area contributed by atoms with Gasteiger partial charge in [-0.1, -0.05) is 30.3 Å². The predicted molar refractivity (Wildman–Crippen MR) is 95.7 cm³/mol. The highest BCUT2D eigenvalue weighted by atomic mass is 16.5. The van der Waals surface area contributed by atoms with Crippen LogP contribution in [0, 0.1) is 0 Å². The fourth-order valence-corrected chi connectivity index (χ4v) is 2.80. The lowest BCUT2D eigenvalue weighted by atomic mass is 10.0. The zero-order valence-corrected chi connectivity index (χ0v) is 14.5. The molecule has 1 N–H and O–H groups in total. The lowest BCUT2D eigenvalue weighted by Crippen LogP contribution is -2.44. The third-order valence-corrected chi connectivity index (χ3v) is 4.25. The van der Waals surface area contributed by atoms with Crippen molar-refractivity contribution in [3.05, 3.63) is 59.7 Å². The molecule has 0 radical (unpaired) electrons. The van der Waals surface area contributed by atoms with E-state index in [2.05, 4.69) is 5.32 Å². The van der Waals surface area contributed by atoms with Crippen molar-refractivity contribution in [3.8, 4) is 5.75 Å². The van der Waals surface area contributed by atoms with Crippen LogP contribution in [0.15, 0.2) is 48.5 Å². The number of amides is 2. The van der Waals surface area contributed by atoms with Gasteiger partial charge < -0.3 is 19.9 Å². The highest BCUT2D eigenvalue weighted by Gasteiger charge is 2.30. The number of nitrogens with zero attached hydrogens (tertiary/aromatic N) is 2. The number of rotatable bonds is 4. The van der Waals surface area contributed by atoms with Gasteiger partial charge in [0.25, 0.3) is 11.8 Å². The second-order valence-electron chi connectivity index (χ2n) is 6.12. The Hall–Kier alpha value is -3.02. The first kappa shape index (κ1) is 16.8. The zero-order chi connectivity index (χ0) is 18.0.